The van der Waals surface area contributed by atoms with Crippen molar-refractivity contribution in [2.24, 2.45) is 12.8 Å². The van der Waals surface area contributed by atoms with Gasteiger partial charge in [-0.25, -0.2) is 0 Å². The normalized spacial score (nSPS) is 12.1. The number of nitrogens with zero attached hydrogens (tertiary/aromatic N) is 2. The number of hydrogen-bond donors (Lipinski definition) is 2. The van der Waals surface area contributed by atoms with E-state index in [1.165, 1.54) is 11.3 Å². The van der Waals surface area contributed by atoms with E-state index in [2.05, 4.69) is 10.4 Å². The summed E-state index contributed by atoms with van der Waals surface area (Å²) in [4.78, 5) is 13.2. The number of thiophene rings is 1. The fraction of sp³-hybridized carbons (Fsp3) is 0.222. The first-order chi connectivity index (χ1) is 11.7. The Bertz CT molecular complexity index is 809. The Balaban J connectivity index is 1.68. The third kappa shape index (κ3) is 3.72. The Morgan fingerprint density at radius 1 is 1.33 bits per heavy atom. The van der Waals surface area contributed by atoms with Gasteiger partial charge in [-0.05, 0) is 24.1 Å². The van der Waals surface area contributed by atoms with Crippen molar-refractivity contribution in [1.82, 2.24) is 15.1 Å². The highest BCUT2D eigenvalue weighted by atomic mass is 32.1. The molecule has 6 heteroatoms. The molecule has 0 aliphatic carbocycles. The van der Waals surface area contributed by atoms with E-state index >= 15 is 0 Å². The van der Waals surface area contributed by atoms with Gasteiger partial charge in [0, 0.05) is 36.8 Å². The molecule has 0 saturated heterocycles. The Labute approximate surface area is 145 Å². The third-order valence-electron chi connectivity index (χ3n) is 3.88. The summed E-state index contributed by atoms with van der Waals surface area (Å²) >= 11 is 1.43. The van der Waals surface area contributed by atoms with Crippen molar-refractivity contribution in [2.75, 3.05) is 6.54 Å². The van der Waals surface area contributed by atoms with Crippen molar-refractivity contribution in [3.05, 3.63) is 64.5 Å². The number of nitrogens with two attached hydrogens (primary N) is 1. The van der Waals surface area contributed by atoms with Gasteiger partial charge in [-0.3, -0.25) is 9.48 Å². The van der Waals surface area contributed by atoms with Crippen LogP contribution in [0.2, 0.25) is 0 Å². The van der Waals surface area contributed by atoms with Crippen LogP contribution in [0.15, 0.2) is 54.0 Å². The van der Waals surface area contributed by atoms with Crippen molar-refractivity contribution in [3.8, 4) is 11.3 Å². The van der Waals surface area contributed by atoms with Gasteiger partial charge >= 0.3 is 0 Å². The van der Waals surface area contributed by atoms with Crippen molar-refractivity contribution in [2.45, 2.75) is 12.5 Å². The summed E-state index contributed by atoms with van der Waals surface area (Å²) in [6.45, 7) is 0.403. The molecule has 1 aromatic carbocycles. The zero-order chi connectivity index (χ0) is 16.9. The lowest BCUT2D eigenvalue weighted by molar-refractivity contribution is 0.0942. The highest BCUT2D eigenvalue weighted by Crippen LogP contribution is 2.25. The minimum absolute atomic E-state index is 0.0813. The highest BCUT2D eigenvalue weighted by molar-refractivity contribution is 7.12. The van der Waals surface area contributed by atoms with Gasteiger partial charge in [0.2, 0.25) is 0 Å². The first-order valence-corrected chi connectivity index (χ1v) is 8.67. The smallest absolute Gasteiger partial charge is 0.261 e. The lowest BCUT2D eigenvalue weighted by Crippen LogP contribution is -2.41. The number of carbonyl (C=O) groups excluding carboxylic acids is 1. The topological polar surface area (TPSA) is 72.9 Å². The highest BCUT2D eigenvalue weighted by Gasteiger charge is 2.16. The largest absolute Gasteiger partial charge is 0.347 e. The van der Waals surface area contributed by atoms with E-state index in [9.17, 15) is 4.79 Å². The summed E-state index contributed by atoms with van der Waals surface area (Å²) in [5.74, 6) is -0.0835. The SMILES string of the molecule is Cn1nccc1-c1csc(C(=O)NC(CN)Cc2ccccc2)c1. The average Bonchev–Trinajstić information content (AvgIpc) is 3.23. The molecule has 5 nitrogen and oxygen atoms in total. The molecule has 0 aliphatic rings. The summed E-state index contributed by atoms with van der Waals surface area (Å²) in [5.41, 5.74) is 8.98. The van der Waals surface area contributed by atoms with Crippen LogP contribution in [-0.4, -0.2) is 28.3 Å². The number of benzene rings is 1. The molecular formula is C18H20N4OS. The molecule has 3 N–H and O–H groups in total. The maximum absolute atomic E-state index is 12.5. The molecule has 0 fully saturated rings. The molecule has 0 aliphatic heterocycles. The van der Waals surface area contributed by atoms with E-state index in [1.807, 2.05) is 54.9 Å². The molecule has 1 unspecified atom stereocenters. The summed E-state index contributed by atoms with van der Waals surface area (Å²) in [6.07, 6.45) is 2.47. The Hall–Kier alpha value is -2.44. The quantitative estimate of drug-likeness (QED) is 0.724. The van der Waals surface area contributed by atoms with Crippen LogP contribution in [0.5, 0.6) is 0 Å². The Morgan fingerprint density at radius 3 is 2.79 bits per heavy atom. The van der Waals surface area contributed by atoms with Crippen LogP contribution in [0, 0.1) is 0 Å². The van der Waals surface area contributed by atoms with Crippen LogP contribution in [0.3, 0.4) is 0 Å². The summed E-state index contributed by atoms with van der Waals surface area (Å²) in [5, 5.41) is 9.16. The Morgan fingerprint density at radius 2 is 2.12 bits per heavy atom. The van der Waals surface area contributed by atoms with Gasteiger partial charge in [0.05, 0.1) is 10.6 Å². The summed E-state index contributed by atoms with van der Waals surface area (Å²) in [6, 6.07) is 13.8. The van der Waals surface area contributed by atoms with Gasteiger partial charge in [0.25, 0.3) is 5.91 Å². The lowest BCUT2D eigenvalue weighted by atomic mass is 10.1. The molecule has 2 aromatic heterocycles. The molecule has 3 aromatic rings. The molecular weight excluding hydrogens is 320 g/mol. The fourth-order valence-electron chi connectivity index (χ4n) is 2.60. The number of carbonyl (C=O) groups is 1. The molecule has 0 saturated carbocycles. The van der Waals surface area contributed by atoms with E-state index in [0.717, 1.165) is 23.2 Å². The predicted octanol–water partition coefficient (Wildman–Crippen LogP) is 2.45. The first kappa shape index (κ1) is 16.4. The molecule has 3 rings (SSSR count). The van der Waals surface area contributed by atoms with Crippen LogP contribution in [0.1, 0.15) is 15.2 Å². The second-order valence-corrected chi connectivity index (χ2v) is 6.55. The minimum atomic E-state index is -0.0835. The van der Waals surface area contributed by atoms with E-state index in [-0.39, 0.29) is 11.9 Å². The first-order valence-electron chi connectivity index (χ1n) is 7.79. The summed E-state index contributed by atoms with van der Waals surface area (Å²) < 4.78 is 1.79. The number of amides is 1. The van der Waals surface area contributed by atoms with Crippen molar-refractivity contribution >= 4 is 17.2 Å². The fourth-order valence-corrected chi connectivity index (χ4v) is 3.40. The minimum Gasteiger partial charge on any atom is -0.347 e. The number of hydrogen-bond acceptors (Lipinski definition) is 4. The van der Waals surface area contributed by atoms with Gasteiger partial charge in [0.1, 0.15) is 0 Å². The van der Waals surface area contributed by atoms with Crippen molar-refractivity contribution in [1.29, 1.82) is 0 Å². The average molecular weight is 340 g/mol. The molecule has 0 radical (unpaired) electrons. The van der Waals surface area contributed by atoms with Crippen molar-refractivity contribution in [3.63, 3.8) is 0 Å². The van der Waals surface area contributed by atoms with Gasteiger partial charge in [-0.2, -0.15) is 5.10 Å². The molecule has 1 amide bonds. The predicted molar refractivity (Wildman–Crippen MR) is 97.0 cm³/mol. The van der Waals surface area contributed by atoms with Crippen LogP contribution in [0.4, 0.5) is 0 Å². The second kappa shape index (κ2) is 7.42. The number of aromatic nitrogens is 2. The van der Waals surface area contributed by atoms with Gasteiger partial charge in [-0.1, -0.05) is 30.3 Å². The van der Waals surface area contributed by atoms with E-state index in [1.54, 1.807) is 10.9 Å². The van der Waals surface area contributed by atoms with Gasteiger partial charge in [0.15, 0.2) is 0 Å². The van der Waals surface area contributed by atoms with Crippen LogP contribution in [0.25, 0.3) is 11.3 Å². The molecule has 2 heterocycles. The van der Waals surface area contributed by atoms with Crippen LogP contribution >= 0.6 is 11.3 Å². The zero-order valence-corrected chi connectivity index (χ0v) is 14.3. The van der Waals surface area contributed by atoms with Crippen molar-refractivity contribution < 1.29 is 4.79 Å². The van der Waals surface area contributed by atoms with Gasteiger partial charge in [-0.15, -0.1) is 11.3 Å². The van der Waals surface area contributed by atoms with E-state index < -0.39 is 0 Å². The third-order valence-corrected chi connectivity index (χ3v) is 4.81. The standard InChI is InChI=1S/C18H20N4OS/c1-22-16(7-8-20-22)14-10-17(24-12-14)18(23)21-15(11-19)9-13-5-3-2-4-6-13/h2-8,10,12,15H,9,11,19H2,1H3,(H,21,23). The Kier molecular flexibility index (Phi) is 5.08. The number of nitrogens with one attached hydrogen (secondary N) is 1. The van der Waals surface area contributed by atoms with E-state index in [4.69, 9.17) is 5.73 Å². The maximum Gasteiger partial charge on any atom is 0.261 e. The molecule has 0 bridgehead atoms. The molecule has 0 spiro atoms. The molecule has 124 valence electrons. The second-order valence-electron chi connectivity index (χ2n) is 5.64. The van der Waals surface area contributed by atoms with E-state index in [0.29, 0.717) is 11.4 Å². The monoisotopic (exact) mass is 340 g/mol. The molecule has 1 atom stereocenters. The number of aryl methyl sites for hydroxylation is 1. The zero-order valence-electron chi connectivity index (χ0n) is 13.5. The van der Waals surface area contributed by atoms with Crippen LogP contribution < -0.4 is 11.1 Å². The van der Waals surface area contributed by atoms with Crippen LogP contribution in [-0.2, 0) is 13.5 Å². The lowest BCUT2D eigenvalue weighted by Gasteiger charge is -2.16. The van der Waals surface area contributed by atoms with Gasteiger partial charge < -0.3 is 11.1 Å². The summed E-state index contributed by atoms with van der Waals surface area (Å²) in [7, 11) is 1.89. The molecule has 24 heavy (non-hydrogen) atoms. The number of rotatable bonds is 6. The maximum atomic E-state index is 12.5.